The highest BCUT2D eigenvalue weighted by atomic mass is 14.3. The molecule has 0 saturated carbocycles. The van der Waals surface area contributed by atoms with Crippen LogP contribution in [-0.4, -0.2) is 0 Å². The standard InChI is InChI=1S/C9H12N2/c1-3-5-8(4-2)9(6-10)7-11/h3-5H2,1-2H3. The van der Waals surface area contributed by atoms with Crippen molar-refractivity contribution < 1.29 is 0 Å². The summed E-state index contributed by atoms with van der Waals surface area (Å²) in [5.74, 6) is 0. The molecule has 0 aromatic carbocycles. The maximum absolute atomic E-state index is 8.52. The fourth-order valence-electron chi connectivity index (χ4n) is 0.963. The summed E-state index contributed by atoms with van der Waals surface area (Å²) < 4.78 is 0. The van der Waals surface area contributed by atoms with E-state index >= 15 is 0 Å². The Morgan fingerprint density at radius 1 is 1.18 bits per heavy atom. The Bertz CT molecular complexity index is 209. The summed E-state index contributed by atoms with van der Waals surface area (Å²) in [6, 6.07) is 3.81. The van der Waals surface area contributed by atoms with Gasteiger partial charge >= 0.3 is 0 Å². The Hall–Kier alpha value is -1.28. The van der Waals surface area contributed by atoms with Gasteiger partial charge in [0.15, 0.2) is 0 Å². The fraction of sp³-hybridized carbons (Fsp3) is 0.556. The Morgan fingerprint density at radius 3 is 2.00 bits per heavy atom. The lowest BCUT2D eigenvalue weighted by molar-refractivity contribution is 0.853. The molecule has 0 aliphatic carbocycles. The molecule has 0 aliphatic heterocycles. The summed E-state index contributed by atoms with van der Waals surface area (Å²) in [5.41, 5.74) is 1.28. The minimum absolute atomic E-state index is 0.300. The van der Waals surface area contributed by atoms with E-state index in [-0.39, 0.29) is 0 Å². The third-order valence-corrected chi connectivity index (χ3v) is 1.56. The van der Waals surface area contributed by atoms with Crippen molar-refractivity contribution in [1.29, 1.82) is 10.5 Å². The molecular weight excluding hydrogens is 136 g/mol. The van der Waals surface area contributed by atoms with Gasteiger partial charge in [0.05, 0.1) is 0 Å². The highest BCUT2D eigenvalue weighted by molar-refractivity contribution is 5.39. The van der Waals surface area contributed by atoms with Gasteiger partial charge in [-0.2, -0.15) is 10.5 Å². The smallest absolute Gasteiger partial charge is 0.128 e. The van der Waals surface area contributed by atoms with Crippen molar-refractivity contribution in [2.45, 2.75) is 33.1 Å². The van der Waals surface area contributed by atoms with E-state index in [0.29, 0.717) is 5.57 Å². The van der Waals surface area contributed by atoms with Crippen LogP contribution >= 0.6 is 0 Å². The Balaban J connectivity index is 4.55. The lowest BCUT2D eigenvalue weighted by Crippen LogP contribution is -1.86. The van der Waals surface area contributed by atoms with E-state index in [1.807, 2.05) is 26.0 Å². The molecule has 0 aromatic heterocycles. The van der Waals surface area contributed by atoms with Crippen LogP contribution in [0.5, 0.6) is 0 Å². The molecule has 0 unspecified atom stereocenters. The molecule has 0 amide bonds. The first-order chi connectivity index (χ1) is 5.29. The molecule has 0 bridgehead atoms. The van der Waals surface area contributed by atoms with Crippen LogP contribution in [0.15, 0.2) is 11.1 Å². The van der Waals surface area contributed by atoms with Crippen LogP contribution in [0.4, 0.5) is 0 Å². The number of allylic oxidation sites excluding steroid dienone is 2. The lowest BCUT2D eigenvalue weighted by atomic mass is 10.0. The van der Waals surface area contributed by atoms with E-state index < -0.39 is 0 Å². The Morgan fingerprint density at radius 2 is 1.73 bits per heavy atom. The SMILES string of the molecule is CCCC(CC)=C(C#N)C#N. The molecule has 0 saturated heterocycles. The van der Waals surface area contributed by atoms with Gasteiger partial charge in [-0.15, -0.1) is 0 Å². The topological polar surface area (TPSA) is 47.6 Å². The minimum Gasteiger partial charge on any atom is -0.192 e. The molecule has 2 nitrogen and oxygen atoms in total. The highest BCUT2D eigenvalue weighted by Gasteiger charge is 2.01. The molecule has 0 N–H and O–H groups in total. The first kappa shape index (κ1) is 9.72. The normalized spacial score (nSPS) is 8.00. The van der Waals surface area contributed by atoms with Crippen molar-refractivity contribution in [3.05, 3.63) is 11.1 Å². The van der Waals surface area contributed by atoms with Crippen LogP contribution in [0.3, 0.4) is 0 Å². The summed E-state index contributed by atoms with van der Waals surface area (Å²) in [6.07, 6.45) is 2.67. The van der Waals surface area contributed by atoms with Crippen LogP contribution in [0.1, 0.15) is 33.1 Å². The summed E-state index contributed by atoms with van der Waals surface area (Å²) in [5, 5.41) is 17.0. The molecule has 0 atom stereocenters. The van der Waals surface area contributed by atoms with Crippen molar-refractivity contribution >= 4 is 0 Å². The summed E-state index contributed by atoms with van der Waals surface area (Å²) in [6.45, 7) is 4.02. The maximum Gasteiger partial charge on any atom is 0.128 e. The zero-order valence-corrected chi connectivity index (χ0v) is 7.02. The van der Waals surface area contributed by atoms with Crippen molar-refractivity contribution in [1.82, 2.24) is 0 Å². The fourth-order valence-corrected chi connectivity index (χ4v) is 0.963. The second-order valence-corrected chi connectivity index (χ2v) is 2.31. The van der Waals surface area contributed by atoms with E-state index in [2.05, 4.69) is 0 Å². The van der Waals surface area contributed by atoms with Crippen molar-refractivity contribution in [3.8, 4) is 12.1 Å². The van der Waals surface area contributed by atoms with Crippen LogP contribution < -0.4 is 0 Å². The molecule has 0 aliphatic rings. The average molecular weight is 148 g/mol. The number of hydrogen-bond acceptors (Lipinski definition) is 2. The van der Waals surface area contributed by atoms with Gasteiger partial charge in [-0.1, -0.05) is 20.3 Å². The largest absolute Gasteiger partial charge is 0.192 e. The Kier molecular flexibility index (Phi) is 4.86. The van der Waals surface area contributed by atoms with Gasteiger partial charge in [-0.25, -0.2) is 0 Å². The zero-order chi connectivity index (χ0) is 8.69. The predicted molar refractivity (Wildman–Crippen MR) is 43.5 cm³/mol. The van der Waals surface area contributed by atoms with Gasteiger partial charge in [0, 0.05) is 0 Å². The van der Waals surface area contributed by atoms with Gasteiger partial charge in [0.2, 0.25) is 0 Å². The second-order valence-electron chi connectivity index (χ2n) is 2.31. The van der Waals surface area contributed by atoms with E-state index in [0.717, 1.165) is 24.8 Å². The lowest BCUT2D eigenvalue weighted by Gasteiger charge is -1.99. The molecule has 0 heterocycles. The summed E-state index contributed by atoms with van der Waals surface area (Å²) in [7, 11) is 0. The minimum atomic E-state index is 0.300. The first-order valence-electron chi connectivity index (χ1n) is 3.82. The van der Waals surface area contributed by atoms with Gasteiger partial charge in [0.1, 0.15) is 17.7 Å². The van der Waals surface area contributed by atoms with Crippen molar-refractivity contribution in [2.24, 2.45) is 0 Å². The average Bonchev–Trinajstić information content (AvgIpc) is 2.05. The zero-order valence-electron chi connectivity index (χ0n) is 7.02. The molecule has 11 heavy (non-hydrogen) atoms. The number of rotatable bonds is 3. The third kappa shape index (κ3) is 2.87. The van der Waals surface area contributed by atoms with Crippen molar-refractivity contribution in [3.63, 3.8) is 0 Å². The summed E-state index contributed by atoms with van der Waals surface area (Å²) >= 11 is 0. The van der Waals surface area contributed by atoms with Crippen LogP contribution in [0.2, 0.25) is 0 Å². The summed E-state index contributed by atoms with van der Waals surface area (Å²) in [4.78, 5) is 0. The van der Waals surface area contributed by atoms with Crippen LogP contribution in [0.25, 0.3) is 0 Å². The van der Waals surface area contributed by atoms with Crippen molar-refractivity contribution in [2.75, 3.05) is 0 Å². The monoisotopic (exact) mass is 148 g/mol. The van der Waals surface area contributed by atoms with E-state index in [4.69, 9.17) is 10.5 Å². The molecule has 0 radical (unpaired) electrons. The van der Waals surface area contributed by atoms with Crippen LogP contribution in [0, 0.1) is 22.7 Å². The van der Waals surface area contributed by atoms with E-state index in [9.17, 15) is 0 Å². The van der Waals surface area contributed by atoms with Gasteiger partial charge < -0.3 is 0 Å². The molecule has 0 rings (SSSR count). The molecule has 0 fully saturated rings. The molecule has 2 heteroatoms. The number of nitriles is 2. The Labute approximate surface area is 67.8 Å². The highest BCUT2D eigenvalue weighted by Crippen LogP contribution is 2.13. The molecule has 0 aromatic rings. The predicted octanol–water partition coefficient (Wildman–Crippen LogP) is 2.54. The number of hydrogen-bond donors (Lipinski definition) is 0. The molecule has 0 spiro atoms. The quantitative estimate of drug-likeness (QED) is 0.577. The van der Waals surface area contributed by atoms with Gasteiger partial charge in [0.25, 0.3) is 0 Å². The molecule has 58 valence electrons. The van der Waals surface area contributed by atoms with E-state index in [1.165, 1.54) is 0 Å². The van der Waals surface area contributed by atoms with E-state index in [1.54, 1.807) is 0 Å². The van der Waals surface area contributed by atoms with Gasteiger partial charge in [-0.3, -0.25) is 0 Å². The third-order valence-electron chi connectivity index (χ3n) is 1.56. The van der Waals surface area contributed by atoms with Crippen LogP contribution in [-0.2, 0) is 0 Å². The van der Waals surface area contributed by atoms with Gasteiger partial charge in [-0.05, 0) is 18.4 Å². The molecular formula is C9H12N2. The maximum atomic E-state index is 8.52. The number of nitrogens with zero attached hydrogens (tertiary/aromatic N) is 2. The second kappa shape index (κ2) is 5.50. The first-order valence-corrected chi connectivity index (χ1v) is 3.82.